The van der Waals surface area contributed by atoms with Gasteiger partial charge in [-0.3, -0.25) is 9.78 Å². The molecule has 1 aromatic carbocycles. The summed E-state index contributed by atoms with van der Waals surface area (Å²) >= 11 is 0. The Balaban J connectivity index is 1.77. The maximum Gasteiger partial charge on any atom is 0.255 e. The van der Waals surface area contributed by atoms with Gasteiger partial charge in [0.1, 0.15) is 5.82 Å². The molecule has 0 unspecified atom stereocenters. The number of nitrogens with zero attached hydrogens (tertiary/aromatic N) is 3. The number of benzene rings is 1. The van der Waals surface area contributed by atoms with Gasteiger partial charge in [0.2, 0.25) is 10.0 Å². The summed E-state index contributed by atoms with van der Waals surface area (Å²) in [6.45, 7) is 1.94. The van der Waals surface area contributed by atoms with Gasteiger partial charge in [0.15, 0.2) is 0 Å². The number of hydrogen-bond acceptors (Lipinski definition) is 5. The van der Waals surface area contributed by atoms with Crippen molar-refractivity contribution in [1.29, 1.82) is 0 Å². The van der Waals surface area contributed by atoms with E-state index >= 15 is 0 Å². The summed E-state index contributed by atoms with van der Waals surface area (Å²) in [6.07, 6.45) is 2.54. The zero-order valence-corrected chi connectivity index (χ0v) is 15.5. The molecule has 2 heterocycles. The first-order valence-electron chi connectivity index (χ1n) is 7.87. The maximum absolute atomic E-state index is 12.5. The van der Waals surface area contributed by atoms with Crippen molar-refractivity contribution in [2.45, 2.75) is 13.5 Å². The minimum atomic E-state index is -3.33. The summed E-state index contributed by atoms with van der Waals surface area (Å²) in [5.41, 5.74) is 3.27. The number of fused-ring (bicyclic) bond motifs is 1. The van der Waals surface area contributed by atoms with Crippen molar-refractivity contribution in [3.63, 3.8) is 0 Å². The first-order valence-corrected chi connectivity index (χ1v) is 9.76. The molecule has 1 amide bonds. The number of carbonyl (C=O) groups excluding carboxylic acids is 1. The van der Waals surface area contributed by atoms with Crippen LogP contribution in [0.1, 0.15) is 21.9 Å². The highest BCUT2D eigenvalue weighted by atomic mass is 32.2. The van der Waals surface area contributed by atoms with E-state index in [2.05, 4.69) is 20.0 Å². The first kappa shape index (κ1) is 18.0. The topological polar surface area (TPSA) is 106 Å². The van der Waals surface area contributed by atoms with Crippen molar-refractivity contribution in [2.75, 3.05) is 11.6 Å². The van der Waals surface area contributed by atoms with Crippen molar-refractivity contribution < 1.29 is 13.2 Å². The highest BCUT2D eigenvalue weighted by molar-refractivity contribution is 7.88. The zero-order chi connectivity index (χ0) is 18.9. The molecule has 0 spiro atoms. The van der Waals surface area contributed by atoms with Gasteiger partial charge < -0.3 is 9.88 Å². The third kappa shape index (κ3) is 4.06. The molecule has 0 fully saturated rings. The lowest BCUT2D eigenvalue weighted by Crippen LogP contribution is -2.22. The lowest BCUT2D eigenvalue weighted by Gasteiger charge is -2.07. The Kier molecular flexibility index (Phi) is 4.75. The summed E-state index contributed by atoms with van der Waals surface area (Å²) in [7, 11) is -1.39. The van der Waals surface area contributed by atoms with Crippen LogP contribution in [-0.4, -0.2) is 35.1 Å². The van der Waals surface area contributed by atoms with Gasteiger partial charge in [-0.15, -0.1) is 0 Å². The van der Waals surface area contributed by atoms with Gasteiger partial charge in [0.05, 0.1) is 29.5 Å². The fraction of sp³-hybridized carbons (Fsp3) is 0.235. The molecule has 3 aromatic rings. The highest BCUT2D eigenvalue weighted by Gasteiger charge is 2.10. The predicted octanol–water partition coefficient (Wildman–Crippen LogP) is 1.58. The van der Waals surface area contributed by atoms with Crippen molar-refractivity contribution in [3.05, 3.63) is 53.6 Å². The van der Waals surface area contributed by atoms with Gasteiger partial charge in [0.25, 0.3) is 5.91 Å². The number of pyridine rings is 1. The van der Waals surface area contributed by atoms with Crippen LogP contribution in [0.4, 0.5) is 5.69 Å². The van der Waals surface area contributed by atoms with Crippen molar-refractivity contribution in [2.24, 2.45) is 7.05 Å². The van der Waals surface area contributed by atoms with Gasteiger partial charge in [-0.1, -0.05) is 0 Å². The summed E-state index contributed by atoms with van der Waals surface area (Å²) in [6, 6.07) is 8.65. The molecular weight excluding hydrogens is 354 g/mol. The van der Waals surface area contributed by atoms with Crippen molar-refractivity contribution in [1.82, 2.24) is 19.3 Å². The number of aryl methyl sites for hydroxylation is 2. The fourth-order valence-electron chi connectivity index (χ4n) is 2.52. The van der Waals surface area contributed by atoms with E-state index in [1.54, 1.807) is 12.1 Å². The fourth-order valence-corrected chi connectivity index (χ4v) is 2.93. The molecule has 0 aliphatic heterocycles. The minimum Gasteiger partial charge on any atom is -0.331 e. The molecule has 3 rings (SSSR count). The van der Waals surface area contributed by atoms with Crippen LogP contribution in [0.3, 0.4) is 0 Å². The van der Waals surface area contributed by atoms with E-state index in [1.165, 1.54) is 6.20 Å². The Hall–Kier alpha value is -2.78. The van der Waals surface area contributed by atoms with Crippen molar-refractivity contribution in [3.8, 4) is 0 Å². The number of hydrogen-bond donors (Lipinski definition) is 2. The quantitative estimate of drug-likeness (QED) is 0.706. The van der Waals surface area contributed by atoms with Crippen LogP contribution in [0.25, 0.3) is 11.0 Å². The number of anilines is 1. The Morgan fingerprint density at radius 1 is 1.23 bits per heavy atom. The normalized spacial score (nSPS) is 11.7. The standard InChI is InChI=1S/C17H19N5O3S/c1-11-20-15-9-13(4-5-16(15)22(11)2)21-17(23)12-6-7-18-14(8-12)10-19-26(3,24)25/h4-9,19H,10H2,1-3H3,(H,21,23). The molecule has 9 heteroatoms. The number of sulfonamides is 1. The number of imidazole rings is 1. The number of nitrogens with one attached hydrogen (secondary N) is 2. The zero-order valence-electron chi connectivity index (χ0n) is 14.6. The summed E-state index contributed by atoms with van der Waals surface area (Å²) in [4.78, 5) is 21.0. The van der Waals surface area contributed by atoms with Crippen LogP contribution in [0.5, 0.6) is 0 Å². The van der Waals surface area contributed by atoms with E-state index in [0.29, 0.717) is 16.9 Å². The average molecular weight is 373 g/mol. The highest BCUT2D eigenvalue weighted by Crippen LogP contribution is 2.20. The predicted molar refractivity (Wildman–Crippen MR) is 99.3 cm³/mol. The average Bonchev–Trinajstić information content (AvgIpc) is 2.86. The Bertz CT molecular complexity index is 1090. The Morgan fingerprint density at radius 2 is 2.00 bits per heavy atom. The summed E-state index contributed by atoms with van der Waals surface area (Å²) < 4.78 is 26.7. The van der Waals surface area contributed by atoms with Crippen molar-refractivity contribution >= 4 is 32.7 Å². The van der Waals surface area contributed by atoms with Gasteiger partial charge in [-0.2, -0.15) is 0 Å². The van der Waals surface area contributed by atoms with E-state index in [9.17, 15) is 13.2 Å². The molecule has 2 aromatic heterocycles. The molecule has 0 aliphatic rings. The van der Waals surface area contributed by atoms with E-state index in [1.807, 2.05) is 36.7 Å². The lowest BCUT2D eigenvalue weighted by atomic mass is 10.2. The van der Waals surface area contributed by atoms with E-state index < -0.39 is 10.0 Å². The minimum absolute atomic E-state index is 0.0269. The molecule has 0 saturated heterocycles. The molecule has 2 N–H and O–H groups in total. The van der Waals surface area contributed by atoms with Crippen LogP contribution >= 0.6 is 0 Å². The third-order valence-electron chi connectivity index (χ3n) is 3.96. The molecule has 0 bridgehead atoms. The smallest absolute Gasteiger partial charge is 0.255 e. The lowest BCUT2D eigenvalue weighted by molar-refractivity contribution is 0.102. The Morgan fingerprint density at radius 3 is 2.73 bits per heavy atom. The number of aromatic nitrogens is 3. The first-order chi connectivity index (χ1) is 12.2. The largest absolute Gasteiger partial charge is 0.331 e. The van der Waals surface area contributed by atoms with Crippen LogP contribution < -0.4 is 10.0 Å². The molecule has 0 atom stereocenters. The van der Waals surface area contributed by atoms with Crippen LogP contribution in [0.2, 0.25) is 0 Å². The number of amides is 1. The van der Waals surface area contributed by atoms with Gasteiger partial charge in [-0.05, 0) is 37.3 Å². The van der Waals surface area contributed by atoms with Crippen LogP contribution in [0, 0.1) is 6.92 Å². The van der Waals surface area contributed by atoms with E-state index in [4.69, 9.17) is 0 Å². The van der Waals surface area contributed by atoms with Gasteiger partial charge in [0, 0.05) is 24.5 Å². The molecule has 0 saturated carbocycles. The second-order valence-corrected chi connectivity index (χ2v) is 7.84. The van der Waals surface area contributed by atoms with E-state index in [0.717, 1.165) is 23.1 Å². The summed E-state index contributed by atoms with van der Waals surface area (Å²) in [5.74, 6) is 0.584. The van der Waals surface area contributed by atoms with E-state index in [-0.39, 0.29) is 12.5 Å². The van der Waals surface area contributed by atoms with Gasteiger partial charge in [-0.25, -0.2) is 18.1 Å². The molecular formula is C17H19N5O3S. The third-order valence-corrected chi connectivity index (χ3v) is 4.63. The summed E-state index contributed by atoms with van der Waals surface area (Å²) in [5, 5.41) is 2.82. The monoisotopic (exact) mass is 373 g/mol. The van der Waals surface area contributed by atoms with Gasteiger partial charge >= 0.3 is 0 Å². The molecule has 0 aliphatic carbocycles. The second-order valence-electron chi connectivity index (χ2n) is 6.00. The molecule has 0 radical (unpaired) electrons. The SMILES string of the molecule is Cc1nc2cc(NC(=O)c3ccnc(CNS(C)(=O)=O)c3)ccc2n1C. The second kappa shape index (κ2) is 6.85. The van der Waals surface area contributed by atoms with Crippen LogP contribution in [-0.2, 0) is 23.6 Å². The molecule has 8 nitrogen and oxygen atoms in total. The number of carbonyl (C=O) groups is 1. The molecule has 26 heavy (non-hydrogen) atoms. The van der Waals surface area contributed by atoms with Crippen LogP contribution in [0.15, 0.2) is 36.5 Å². The number of rotatable bonds is 5. The molecule has 136 valence electrons. The Labute approximate surface area is 151 Å². The maximum atomic E-state index is 12.5.